The lowest BCUT2D eigenvalue weighted by Gasteiger charge is -2.37. The zero-order valence-electron chi connectivity index (χ0n) is 14.0. The van der Waals surface area contributed by atoms with Gasteiger partial charge in [0.2, 0.25) is 0 Å². The van der Waals surface area contributed by atoms with E-state index in [1.165, 1.54) is 22.9 Å². The number of aryl methyl sites for hydroxylation is 1. The summed E-state index contributed by atoms with van der Waals surface area (Å²) in [6.07, 6.45) is 2.95. The molecule has 0 saturated carbocycles. The van der Waals surface area contributed by atoms with Crippen molar-refractivity contribution < 1.29 is 32.7 Å². The Morgan fingerprint density at radius 3 is 2.85 bits per heavy atom. The number of sulfonamides is 1. The molecule has 12 heteroatoms. The Balaban J connectivity index is 1.52. The van der Waals surface area contributed by atoms with Gasteiger partial charge < -0.3 is 24.5 Å². The summed E-state index contributed by atoms with van der Waals surface area (Å²) < 4.78 is 36.9. The number of imidazole rings is 1. The summed E-state index contributed by atoms with van der Waals surface area (Å²) in [4.78, 5) is 18.1. The number of aromatic carboxylic acids is 1. The summed E-state index contributed by atoms with van der Waals surface area (Å²) in [5.74, 6) is -1.06. The van der Waals surface area contributed by atoms with E-state index >= 15 is 0 Å². The van der Waals surface area contributed by atoms with Gasteiger partial charge in [-0.2, -0.15) is 4.31 Å². The van der Waals surface area contributed by atoms with Crippen molar-refractivity contribution in [2.45, 2.75) is 23.9 Å². The van der Waals surface area contributed by atoms with E-state index in [0.717, 1.165) is 0 Å². The van der Waals surface area contributed by atoms with Gasteiger partial charge in [-0.3, -0.25) is 0 Å². The number of nitrogens with one attached hydrogen (secondary N) is 1. The SMILES string of the molecule is O=C(O)c1c(OC2CN(S(=O)(=O)c3c[nH]cn3)C2)ccc2c1OB(O)CC2. The van der Waals surface area contributed by atoms with Crippen LogP contribution in [0.15, 0.2) is 29.7 Å². The van der Waals surface area contributed by atoms with Crippen molar-refractivity contribution in [1.29, 1.82) is 0 Å². The maximum Gasteiger partial charge on any atom is 0.522 e. The highest BCUT2D eigenvalue weighted by molar-refractivity contribution is 7.89. The molecule has 0 unspecified atom stereocenters. The molecule has 0 atom stereocenters. The molecule has 1 aromatic heterocycles. The normalized spacial score (nSPS) is 17.7. The first-order valence-electron chi connectivity index (χ1n) is 8.25. The van der Waals surface area contributed by atoms with Crippen LogP contribution in [0.3, 0.4) is 0 Å². The van der Waals surface area contributed by atoms with Gasteiger partial charge in [0.15, 0.2) is 5.03 Å². The molecule has 0 bridgehead atoms. The number of nitrogens with zero attached hydrogens (tertiary/aromatic N) is 2. The van der Waals surface area contributed by atoms with Crippen LogP contribution in [0.4, 0.5) is 0 Å². The molecule has 4 rings (SSSR count). The lowest BCUT2D eigenvalue weighted by molar-refractivity contribution is 0.0632. The monoisotopic (exact) mass is 393 g/mol. The average molecular weight is 393 g/mol. The fourth-order valence-corrected chi connectivity index (χ4v) is 4.48. The maximum absolute atomic E-state index is 12.3. The molecule has 2 aliphatic rings. The minimum atomic E-state index is -3.70. The minimum absolute atomic E-state index is 0.0782. The Morgan fingerprint density at radius 1 is 1.41 bits per heavy atom. The van der Waals surface area contributed by atoms with Gasteiger partial charge in [-0.15, -0.1) is 0 Å². The Labute approximate surface area is 154 Å². The van der Waals surface area contributed by atoms with E-state index < -0.39 is 29.2 Å². The van der Waals surface area contributed by atoms with Gasteiger partial charge in [0.05, 0.1) is 19.4 Å². The summed E-state index contributed by atoms with van der Waals surface area (Å²) in [7, 11) is -4.76. The molecule has 0 amide bonds. The third-order valence-electron chi connectivity index (χ3n) is 4.51. The molecule has 3 heterocycles. The van der Waals surface area contributed by atoms with Crippen molar-refractivity contribution in [2.24, 2.45) is 0 Å². The Morgan fingerprint density at radius 2 is 2.19 bits per heavy atom. The van der Waals surface area contributed by atoms with Crippen LogP contribution in [-0.4, -0.2) is 65.1 Å². The van der Waals surface area contributed by atoms with Crippen LogP contribution < -0.4 is 9.39 Å². The van der Waals surface area contributed by atoms with Crippen molar-refractivity contribution in [2.75, 3.05) is 13.1 Å². The third-order valence-corrected chi connectivity index (χ3v) is 6.24. The van der Waals surface area contributed by atoms with E-state index in [9.17, 15) is 23.3 Å². The molecular formula is C15H16BN3O7S. The lowest BCUT2D eigenvalue weighted by Crippen LogP contribution is -2.56. The Hall–Kier alpha value is -2.57. The highest BCUT2D eigenvalue weighted by Crippen LogP contribution is 2.37. The van der Waals surface area contributed by atoms with Crippen molar-refractivity contribution in [1.82, 2.24) is 14.3 Å². The van der Waals surface area contributed by atoms with Gasteiger partial charge in [0, 0.05) is 6.20 Å². The van der Waals surface area contributed by atoms with E-state index in [1.807, 2.05) is 0 Å². The molecule has 2 aliphatic heterocycles. The number of hydrogen-bond acceptors (Lipinski definition) is 7. The largest absolute Gasteiger partial charge is 0.535 e. The van der Waals surface area contributed by atoms with Crippen LogP contribution in [0, 0.1) is 0 Å². The fraction of sp³-hybridized carbons (Fsp3) is 0.333. The zero-order valence-corrected chi connectivity index (χ0v) is 14.8. The summed E-state index contributed by atoms with van der Waals surface area (Å²) in [5.41, 5.74) is 0.515. The highest BCUT2D eigenvalue weighted by Gasteiger charge is 2.40. The van der Waals surface area contributed by atoms with Crippen LogP contribution in [0.1, 0.15) is 15.9 Å². The number of hydrogen-bond donors (Lipinski definition) is 3. The Kier molecular flexibility index (Phi) is 4.33. The van der Waals surface area contributed by atoms with Gasteiger partial charge >= 0.3 is 13.1 Å². The summed E-state index contributed by atoms with van der Waals surface area (Å²) >= 11 is 0. The number of ether oxygens (including phenoxy) is 1. The second kappa shape index (κ2) is 6.55. The van der Waals surface area contributed by atoms with E-state index in [0.29, 0.717) is 18.3 Å². The molecule has 142 valence electrons. The topological polar surface area (TPSA) is 142 Å². The molecule has 0 spiro atoms. The van der Waals surface area contributed by atoms with E-state index in [-0.39, 0.29) is 35.2 Å². The standard InChI is InChI=1S/C15H16BN3O7S/c20-15(21)13-11(2-1-9-3-4-16(22)26-14(9)13)25-10-6-19(7-10)27(23,24)12-5-17-8-18-12/h1-2,5,8,10,22H,3-4,6-7H2,(H,17,18)(H,20,21). The number of carbonyl (C=O) groups is 1. The number of aromatic nitrogens is 2. The van der Waals surface area contributed by atoms with Crippen LogP contribution in [0.25, 0.3) is 0 Å². The van der Waals surface area contributed by atoms with Crippen molar-refractivity contribution >= 4 is 23.1 Å². The number of carboxylic acid groups (broad SMARTS) is 1. The number of fused-ring (bicyclic) bond motifs is 1. The van der Waals surface area contributed by atoms with Crippen LogP contribution in [0.2, 0.25) is 6.32 Å². The maximum atomic E-state index is 12.3. The third kappa shape index (κ3) is 3.15. The van der Waals surface area contributed by atoms with E-state index in [2.05, 4.69) is 9.97 Å². The van der Waals surface area contributed by atoms with E-state index in [1.54, 1.807) is 6.07 Å². The summed E-state index contributed by atoms with van der Waals surface area (Å²) in [6.45, 7) is 0.156. The second-order valence-electron chi connectivity index (χ2n) is 6.31. The van der Waals surface area contributed by atoms with Gasteiger partial charge in [-0.25, -0.2) is 18.2 Å². The van der Waals surface area contributed by atoms with Gasteiger partial charge in [-0.05, 0) is 24.4 Å². The van der Waals surface area contributed by atoms with Gasteiger partial charge in [-0.1, -0.05) is 6.07 Å². The highest BCUT2D eigenvalue weighted by atomic mass is 32.2. The fourth-order valence-electron chi connectivity index (χ4n) is 3.09. The van der Waals surface area contributed by atoms with Gasteiger partial charge in [0.25, 0.3) is 10.0 Å². The molecule has 3 N–H and O–H groups in total. The molecule has 1 fully saturated rings. The number of carboxylic acids is 1. The number of H-pyrrole nitrogens is 1. The lowest BCUT2D eigenvalue weighted by atomic mass is 9.78. The number of aromatic amines is 1. The molecule has 2 aromatic rings. The minimum Gasteiger partial charge on any atom is -0.535 e. The first-order valence-corrected chi connectivity index (χ1v) is 9.69. The zero-order chi connectivity index (χ0) is 19.2. The molecule has 0 radical (unpaired) electrons. The van der Waals surface area contributed by atoms with Crippen LogP contribution >= 0.6 is 0 Å². The number of rotatable bonds is 5. The van der Waals surface area contributed by atoms with Crippen molar-refractivity contribution in [3.63, 3.8) is 0 Å². The van der Waals surface area contributed by atoms with Crippen molar-refractivity contribution in [3.8, 4) is 11.5 Å². The molecular weight excluding hydrogens is 377 g/mol. The second-order valence-corrected chi connectivity index (χ2v) is 8.20. The van der Waals surface area contributed by atoms with Crippen LogP contribution in [-0.2, 0) is 16.4 Å². The van der Waals surface area contributed by atoms with E-state index in [4.69, 9.17) is 9.39 Å². The predicted octanol–water partition coefficient (Wildman–Crippen LogP) is -0.0248. The van der Waals surface area contributed by atoms with Crippen molar-refractivity contribution in [3.05, 3.63) is 35.8 Å². The molecule has 10 nitrogen and oxygen atoms in total. The summed E-state index contributed by atoms with van der Waals surface area (Å²) in [6, 6.07) is 3.23. The first-order chi connectivity index (χ1) is 12.9. The molecule has 27 heavy (non-hydrogen) atoms. The van der Waals surface area contributed by atoms with Crippen LogP contribution in [0.5, 0.6) is 11.5 Å². The average Bonchev–Trinajstić information content (AvgIpc) is 3.12. The van der Waals surface area contributed by atoms with Gasteiger partial charge in [0.1, 0.15) is 23.2 Å². The molecule has 1 aromatic carbocycles. The molecule has 1 saturated heterocycles. The smallest absolute Gasteiger partial charge is 0.522 e. The predicted molar refractivity (Wildman–Crippen MR) is 92.3 cm³/mol. The Bertz CT molecular complexity index is 974. The first kappa shape index (κ1) is 17.8. The quantitative estimate of drug-likeness (QED) is 0.602. The summed E-state index contributed by atoms with van der Waals surface area (Å²) in [5, 5.41) is 19.1. The number of benzene rings is 1. The molecule has 0 aliphatic carbocycles.